The van der Waals surface area contributed by atoms with Gasteiger partial charge in [0.05, 0.1) is 10.9 Å². The predicted octanol–water partition coefficient (Wildman–Crippen LogP) is 7.71. The van der Waals surface area contributed by atoms with Gasteiger partial charge in [0.2, 0.25) is 10.0 Å². The van der Waals surface area contributed by atoms with Crippen LogP contribution in [-0.4, -0.2) is 36.9 Å². The number of ketones is 2. The monoisotopic (exact) mass is 605 g/mol. The number of carbonyl (C=O) groups is 2. The normalized spacial score (nSPS) is 17.4. The summed E-state index contributed by atoms with van der Waals surface area (Å²) in [7, 11) is -4.01. The molecule has 0 amide bonds. The van der Waals surface area contributed by atoms with E-state index in [1.807, 2.05) is 92.7 Å². The summed E-state index contributed by atoms with van der Waals surface area (Å²) < 4.78 is 30.7. The minimum atomic E-state index is -4.01. The molecule has 1 aliphatic rings. The number of carbonyl (C=O) groups excluding carboxylic acids is 2. The number of Topliss-reactive ketones (excluding diaryl/α,β-unsaturated/α-hetero) is 2. The Labute approximate surface area is 261 Å². The van der Waals surface area contributed by atoms with Gasteiger partial charge in [0.1, 0.15) is 5.78 Å². The summed E-state index contributed by atoms with van der Waals surface area (Å²) in [6.07, 6.45) is 2.51. The van der Waals surface area contributed by atoms with Crippen LogP contribution in [0.2, 0.25) is 0 Å². The van der Waals surface area contributed by atoms with E-state index in [2.05, 4.69) is 0 Å². The van der Waals surface area contributed by atoms with Gasteiger partial charge in [0.15, 0.2) is 5.78 Å². The average Bonchev–Trinajstić information content (AvgIpc) is 3.05. The SMILES string of the molecule is CCCCC(=O)CC1CN(S(=O)(=O)c2ccc(C)cc2)C(Cc2ccccc2)C(c2ccccc2)=C1C(=O)c1ccccc1. The molecule has 6 heteroatoms. The van der Waals surface area contributed by atoms with Gasteiger partial charge in [0, 0.05) is 36.4 Å². The molecule has 4 aromatic carbocycles. The van der Waals surface area contributed by atoms with Crippen molar-refractivity contribution in [2.45, 2.75) is 56.9 Å². The van der Waals surface area contributed by atoms with Crippen molar-refractivity contribution in [1.82, 2.24) is 4.31 Å². The van der Waals surface area contributed by atoms with E-state index in [1.54, 1.807) is 40.7 Å². The van der Waals surface area contributed by atoms with E-state index in [-0.39, 0.29) is 29.4 Å². The largest absolute Gasteiger partial charge is 0.300 e. The van der Waals surface area contributed by atoms with Crippen LogP contribution in [0, 0.1) is 12.8 Å². The van der Waals surface area contributed by atoms with E-state index in [1.165, 1.54) is 0 Å². The molecule has 4 aromatic rings. The Kier molecular flexibility index (Phi) is 10.0. The molecule has 0 radical (unpaired) electrons. The maximum atomic E-state index is 14.6. The van der Waals surface area contributed by atoms with Gasteiger partial charge in [-0.3, -0.25) is 9.59 Å². The van der Waals surface area contributed by atoms with Gasteiger partial charge in [-0.1, -0.05) is 122 Å². The molecule has 0 fully saturated rings. The second-order valence-corrected chi connectivity index (χ2v) is 13.4. The van der Waals surface area contributed by atoms with E-state index in [0.29, 0.717) is 29.6 Å². The van der Waals surface area contributed by atoms with Gasteiger partial charge < -0.3 is 0 Å². The number of nitrogens with zero attached hydrogens (tertiary/aromatic N) is 1. The van der Waals surface area contributed by atoms with Crippen LogP contribution in [0.15, 0.2) is 126 Å². The smallest absolute Gasteiger partial charge is 0.243 e. The maximum absolute atomic E-state index is 14.6. The molecule has 1 aliphatic heterocycles. The Balaban J connectivity index is 1.77. The number of benzene rings is 4. The first-order valence-electron chi connectivity index (χ1n) is 15.3. The van der Waals surface area contributed by atoms with Crippen LogP contribution in [0.25, 0.3) is 5.57 Å². The summed E-state index contributed by atoms with van der Waals surface area (Å²) in [6.45, 7) is 4.00. The molecule has 0 aliphatic carbocycles. The van der Waals surface area contributed by atoms with Crippen molar-refractivity contribution < 1.29 is 18.0 Å². The van der Waals surface area contributed by atoms with Crippen LogP contribution in [0.5, 0.6) is 0 Å². The Morgan fingerprint density at radius 3 is 2.00 bits per heavy atom. The first kappa shape index (κ1) is 31.3. The van der Waals surface area contributed by atoms with Gasteiger partial charge in [-0.2, -0.15) is 4.31 Å². The molecular formula is C38H39NO4S. The third kappa shape index (κ3) is 6.98. The second-order valence-electron chi connectivity index (χ2n) is 11.5. The highest BCUT2D eigenvalue weighted by Crippen LogP contribution is 2.42. The molecular weight excluding hydrogens is 566 g/mol. The second kappa shape index (κ2) is 14.1. The highest BCUT2D eigenvalue weighted by atomic mass is 32.2. The lowest BCUT2D eigenvalue weighted by molar-refractivity contribution is -0.119. The summed E-state index contributed by atoms with van der Waals surface area (Å²) in [5.74, 6) is -0.727. The van der Waals surface area contributed by atoms with E-state index in [9.17, 15) is 18.0 Å². The Bertz CT molecular complexity index is 1710. The fraction of sp³-hybridized carbons (Fsp3) is 0.263. The van der Waals surface area contributed by atoms with Crippen LogP contribution < -0.4 is 0 Å². The van der Waals surface area contributed by atoms with Gasteiger partial charge >= 0.3 is 0 Å². The highest BCUT2D eigenvalue weighted by molar-refractivity contribution is 7.89. The van der Waals surface area contributed by atoms with Crippen molar-refractivity contribution in [3.63, 3.8) is 0 Å². The predicted molar refractivity (Wildman–Crippen MR) is 176 cm³/mol. The van der Waals surface area contributed by atoms with Crippen LogP contribution >= 0.6 is 0 Å². The first-order chi connectivity index (χ1) is 21.3. The Hall–Kier alpha value is -4.13. The van der Waals surface area contributed by atoms with Gasteiger partial charge in [-0.05, 0) is 48.6 Å². The molecule has 5 nitrogen and oxygen atoms in total. The van der Waals surface area contributed by atoms with Crippen molar-refractivity contribution in [1.29, 1.82) is 0 Å². The van der Waals surface area contributed by atoms with Crippen LogP contribution in [0.4, 0.5) is 0 Å². The van der Waals surface area contributed by atoms with Crippen molar-refractivity contribution >= 4 is 27.2 Å². The lowest BCUT2D eigenvalue weighted by atomic mass is 9.76. The summed E-state index contributed by atoms with van der Waals surface area (Å²) in [5, 5.41) is 0. The fourth-order valence-corrected chi connectivity index (χ4v) is 7.71. The van der Waals surface area contributed by atoms with E-state index in [0.717, 1.165) is 29.5 Å². The summed E-state index contributed by atoms with van der Waals surface area (Å²) in [6, 6.07) is 34.7. The lowest BCUT2D eigenvalue weighted by Gasteiger charge is -2.42. The molecule has 2 atom stereocenters. The summed E-state index contributed by atoms with van der Waals surface area (Å²) in [5.41, 5.74) is 4.42. The van der Waals surface area contributed by atoms with Crippen LogP contribution in [0.1, 0.15) is 59.7 Å². The number of rotatable bonds is 12. The van der Waals surface area contributed by atoms with Crippen molar-refractivity contribution in [2.24, 2.45) is 5.92 Å². The molecule has 0 aromatic heterocycles. The number of unbranched alkanes of at least 4 members (excludes halogenated alkanes) is 1. The average molecular weight is 606 g/mol. The fourth-order valence-electron chi connectivity index (χ4n) is 6.07. The lowest BCUT2D eigenvalue weighted by Crippen LogP contribution is -2.50. The molecule has 0 spiro atoms. The molecule has 226 valence electrons. The zero-order valence-electron chi connectivity index (χ0n) is 25.4. The molecule has 0 saturated heterocycles. The number of hydrogen-bond acceptors (Lipinski definition) is 4. The van der Waals surface area contributed by atoms with E-state index < -0.39 is 22.0 Å². The zero-order chi connectivity index (χ0) is 31.1. The topological polar surface area (TPSA) is 71.5 Å². The highest BCUT2D eigenvalue weighted by Gasteiger charge is 2.44. The molecule has 1 heterocycles. The van der Waals surface area contributed by atoms with Crippen molar-refractivity contribution in [3.8, 4) is 0 Å². The third-order valence-corrected chi connectivity index (χ3v) is 10.2. The molecule has 0 bridgehead atoms. The molecule has 5 rings (SSSR count). The molecule has 0 N–H and O–H groups in total. The Morgan fingerprint density at radius 1 is 0.795 bits per heavy atom. The van der Waals surface area contributed by atoms with Gasteiger partial charge in [-0.15, -0.1) is 0 Å². The first-order valence-corrected chi connectivity index (χ1v) is 16.8. The quantitative estimate of drug-likeness (QED) is 0.155. The van der Waals surface area contributed by atoms with Gasteiger partial charge in [0.25, 0.3) is 0 Å². The van der Waals surface area contributed by atoms with Crippen molar-refractivity contribution in [3.05, 3.63) is 143 Å². The third-order valence-electron chi connectivity index (χ3n) is 8.33. The maximum Gasteiger partial charge on any atom is 0.243 e. The standard InChI is InChI=1S/C38H39NO4S/c1-3-4-20-33(40)26-32-27-39(44(42,43)34-23-21-28(2)22-24-34)35(25-29-14-8-5-9-15-29)36(30-16-10-6-11-17-30)37(32)38(41)31-18-12-7-13-19-31/h5-19,21-24,32,35H,3-4,20,25-27H2,1-2H3. The number of aryl methyl sites for hydroxylation is 1. The van der Waals surface area contributed by atoms with Crippen LogP contribution in [-0.2, 0) is 21.2 Å². The minimum Gasteiger partial charge on any atom is -0.300 e. The minimum absolute atomic E-state index is 0.0375. The molecule has 0 saturated carbocycles. The number of hydrogen-bond donors (Lipinski definition) is 0. The molecule has 2 unspecified atom stereocenters. The summed E-state index contributed by atoms with van der Waals surface area (Å²) >= 11 is 0. The Morgan fingerprint density at radius 2 is 1.39 bits per heavy atom. The van der Waals surface area contributed by atoms with E-state index in [4.69, 9.17) is 0 Å². The zero-order valence-corrected chi connectivity index (χ0v) is 26.2. The van der Waals surface area contributed by atoms with E-state index >= 15 is 0 Å². The van der Waals surface area contributed by atoms with Crippen molar-refractivity contribution in [2.75, 3.05) is 6.54 Å². The van der Waals surface area contributed by atoms with Crippen LogP contribution in [0.3, 0.4) is 0 Å². The molecule has 44 heavy (non-hydrogen) atoms. The van der Waals surface area contributed by atoms with Gasteiger partial charge in [-0.25, -0.2) is 8.42 Å². The number of sulfonamides is 1. The summed E-state index contributed by atoms with van der Waals surface area (Å²) in [4.78, 5) is 28.1.